The van der Waals surface area contributed by atoms with Crippen LogP contribution >= 0.6 is 0 Å². The Morgan fingerprint density at radius 3 is 2.43 bits per heavy atom. The van der Waals surface area contributed by atoms with E-state index >= 15 is 0 Å². The largest absolute Gasteiger partial charge is 0.502 e. The first-order valence-corrected chi connectivity index (χ1v) is 3.42. The molecule has 0 spiro atoms. The maximum atomic E-state index is 10.5. The second kappa shape index (κ2) is 3.42. The summed E-state index contributed by atoms with van der Waals surface area (Å²) >= 11 is 0. The lowest BCUT2D eigenvalue weighted by molar-refractivity contribution is -0.386. The third kappa shape index (κ3) is 1.32. The van der Waals surface area contributed by atoms with E-state index in [0.29, 0.717) is 0 Å². The molecular formula is C8H3N3O3. The van der Waals surface area contributed by atoms with Crippen molar-refractivity contribution in [2.75, 3.05) is 0 Å². The van der Waals surface area contributed by atoms with Crippen LogP contribution in [0.2, 0.25) is 0 Å². The summed E-state index contributed by atoms with van der Waals surface area (Å²) in [4.78, 5) is 9.56. The number of phenolic OH excluding ortho intramolecular Hbond substituents is 1. The smallest absolute Gasteiger partial charge is 0.329 e. The molecule has 1 aromatic carbocycles. The van der Waals surface area contributed by atoms with Crippen molar-refractivity contribution in [3.8, 4) is 17.9 Å². The highest BCUT2D eigenvalue weighted by atomic mass is 16.6. The first-order valence-electron chi connectivity index (χ1n) is 3.42. The first kappa shape index (κ1) is 9.49. The molecule has 0 fully saturated rings. The van der Waals surface area contributed by atoms with Crippen LogP contribution in [-0.2, 0) is 0 Å². The van der Waals surface area contributed by atoms with Gasteiger partial charge in [-0.1, -0.05) is 0 Å². The summed E-state index contributed by atoms with van der Waals surface area (Å²) in [5.74, 6) is -0.620. The summed E-state index contributed by atoms with van der Waals surface area (Å²) in [5, 5.41) is 36.7. The molecule has 0 saturated carbocycles. The second-order valence-corrected chi connectivity index (χ2v) is 2.34. The Morgan fingerprint density at radius 1 is 1.36 bits per heavy atom. The summed E-state index contributed by atoms with van der Waals surface area (Å²) in [6.45, 7) is 0. The highest BCUT2D eigenvalue weighted by Gasteiger charge is 2.22. The Kier molecular flexibility index (Phi) is 2.32. The van der Waals surface area contributed by atoms with Gasteiger partial charge in [0.15, 0.2) is 11.3 Å². The van der Waals surface area contributed by atoms with Crippen molar-refractivity contribution in [1.82, 2.24) is 0 Å². The Morgan fingerprint density at radius 2 is 2.00 bits per heavy atom. The standard InChI is InChI=1S/C8H3N3O3/c9-3-5-1-2-7(12)8(11(13)14)6(5)4-10/h1-2,12H. The van der Waals surface area contributed by atoms with Crippen LogP contribution in [0.3, 0.4) is 0 Å². The van der Waals surface area contributed by atoms with Crippen molar-refractivity contribution in [1.29, 1.82) is 10.5 Å². The molecular weight excluding hydrogens is 186 g/mol. The zero-order chi connectivity index (χ0) is 10.7. The lowest BCUT2D eigenvalue weighted by Gasteiger charge is -1.98. The molecule has 6 nitrogen and oxygen atoms in total. The summed E-state index contributed by atoms with van der Waals surface area (Å²) < 4.78 is 0. The number of nitrogens with zero attached hydrogens (tertiary/aromatic N) is 3. The van der Waals surface area contributed by atoms with Gasteiger partial charge in [-0.15, -0.1) is 0 Å². The predicted octanol–water partition coefficient (Wildman–Crippen LogP) is 1.04. The lowest BCUT2D eigenvalue weighted by atomic mass is 10.1. The molecule has 6 heteroatoms. The summed E-state index contributed by atoms with van der Waals surface area (Å²) in [6, 6.07) is 5.31. The van der Waals surface area contributed by atoms with Crippen molar-refractivity contribution in [2.24, 2.45) is 0 Å². The van der Waals surface area contributed by atoms with E-state index in [1.807, 2.05) is 0 Å². The third-order valence-electron chi connectivity index (χ3n) is 1.57. The van der Waals surface area contributed by atoms with Gasteiger partial charge in [0.2, 0.25) is 0 Å². The average Bonchev–Trinajstić information content (AvgIpc) is 2.16. The minimum atomic E-state index is -0.894. The highest BCUT2D eigenvalue weighted by molar-refractivity contribution is 5.64. The monoisotopic (exact) mass is 189 g/mol. The fraction of sp³-hybridized carbons (Fsp3) is 0. The Bertz CT molecular complexity index is 482. The molecule has 0 aliphatic carbocycles. The van der Waals surface area contributed by atoms with Crippen molar-refractivity contribution >= 4 is 5.69 Å². The van der Waals surface area contributed by atoms with Crippen LogP contribution in [0.1, 0.15) is 11.1 Å². The van der Waals surface area contributed by atoms with Gasteiger partial charge in [0.05, 0.1) is 10.5 Å². The molecule has 0 bridgehead atoms. The normalized spacial score (nSPS) is 8.71. The molecule has 0 unspecified atom stereocenters. The average molecular weight is 189 g/mol. The molecule has 0 aliphatic heterocycles. The molecule has 68 valence electrons. The number of hydrogen-bond donors (Lipinski definition) is 1. The highest BCUT2D eigenvalue weighted by Crippen LogP contribution is 2.31. The van der Waals surface area contributed by atoms with Crippen molar-refractivity contribution in [2.45, 2.75) is 0 Å². The van der Waals surface area contributed by atoms with E-state index in [2.05, 4.69) is 0 Å². The third-order valence-corrected chi connectivity index (χ3v) is 1.57. The van der Waals surface area contributed by atoms with Gasteiger partial charge in [0.25, 0.3) is 0 Å². The summed E-state index contributed by atoms with van der Waals surface area (Å²) in [7, 11) is 0. The summed E-state index contributed by atoms with van der Waals surface area (Å²) in [5.41, 5.74) is -1.28. The molecule has 0 aromatic heterocycles. The van der Waals surface area contributed by atoms with Gasteiger partial charge >= 0.3 is 5.69 Å². The topological polar surface area (TPSA) is 111 Å². The second-order valence-electron chi connectivity index (χ2n) is 2.34. The van der Waals surface area contributed by atoms with E-state index in [4.69, 9.17) is 15.6 Å². The van der Waals surface area contributed by atoms with E-state index in [-0.39, 0.29) is 5.56 Å². The molecule has 1 N–H and O–H groups in total. The van der Waals surface area contributed by atoms with Crippen LogP contribution in [0.4, 0.5) is 5.69 Å². The van der Waals surface area contributed by atoms with Gasteiger partial charge in [-0.25, -0.2) is 0 Å². The molecule has 0 atom stereocenters. The van der Waals surface area contributed by atoms with Gasteiger partial charge in [-0.3, -0.25) is 10.1 Å². The van der Waals surface area contributed by atoms with Crippen molar-refractivity contribution < 1.29 is 10.0 Å². The first-order chi connectivity index (χ1) is 6.61. The quantitative estimate of drug-likeness (QED) is 0.524. The minimum absolute atomic E-state index is 0.128. The maximum Gasteiger partial charge on any atom is 0.329 e. The van der Waals surface area contributed by atoms with Crippen molar-refractivity contribution in [3.63, 3.8) is 0 Å². The summed E-state index contributed by atoms with van der Waals surface area (Å²) in [6.07, 6.45) is 0. The van der Waals surface area contributed by atoms with Crippen LogP contribution in [0, 0.1) is 32.8 Å². The minimum Gasteiger partial charge on any atom is -0.502 e. The van der Waals surface area contributed by atoms with Crippen LogP contribution in [0.15, 0.2) is 12.1 Å². The molecule has 1 rings (SSSR count). The predicted molar refractivity (Wildman–Crippen MR) is 44.2 cm³/mol. The number of hydrogen-bond acceptors (Lipinski definition) is 5. The van der Waals surface area contributed by atoms with Gasteiger partial charge in [0, 0.05) is 0 Å². The van der Waals surface area contributed by atoms with Crippen LogP contribution in [0.25, 0.3) is 0 Å². The number of nitriles is 2. The van der Waals surface area contributed by atoms with Gasteiger partial charge in [-0.05, 0) is 12.1 Å². The zero-order valence-corrected chi connectivity index (χ0v) is 6.76. The Labute approximate surface area is 78.4 Å². The number of nitro benzene ring substituents is 1. The molecule has 0 radical (unpaired) electrons. The van der Waals surface area contributed by atoms with Crippen LogP contribution in [-0.4, -0.2) is 10.0 Å². The number of nitro groups is 1. The van der Waals surface area contributed by atoms with E-state index in [1.54, 1.807) is 6.07 Å². The van der Waals surface area contributed by atoms with E-state index in [1.165, 1.54) is 6.07 Å². The van der Waals surface area contributed by atoms with E-state index < -0.39 is 21.9 Å². The Hall–Kier alpha value is -2.60. The van der Waals surface area contributed by atoms with Crippen LogP contribution < -0.4 is 0 Å². The molecule has 0 heterocycles. The van der Waals surface area contributed by atoms with E-state index in [0.717, 1.165) is 12.1 Å². The molecule has 14 heavy (non-hydrogen) atoms. The number of phenols is 1. The number of benzene rings is 1. The van der Waals surface area contributed by atoms with Crippen LogP contribution in [0.5, 0.6) is 5.75 Å². The fourth-order valence-corrected chi connectivity index (χ4v) is 0.971. The molecule has 1 aromatic rings. The maximum absolute atomic E-state index is 10.5. The zero-order valence-electron chi connectivity index (χ0n) is 6.76. The van der Waals surface area contributed by atoms with Gasteiger partial charge in [-0.2, -0.15) is 10.5 Å². The van der Waals surface area contributed by atoms with Crippen molar-refractivity contribution in [3.05, 3.63) is 33.4 Å². The molecule has 0 aliphatic rings. The lowest BCUT2D eigenvalue weighted by Crippen LogP contribution is -1.95. The fourth-order valence-electron chi connectivity index (χ4n) is 0.971. The SMILES string of the molecule is N#Cc1ccc(O)c([N+](=O)[O-])c1C#N. The Balaban J connectivity index is 3.64. The van der Waals surface area contributed by atoms with Gasteiger partial charge < -0.3 is 5.11 Å². The number of aromatic hydroxyl groups is 1. The molecule has 0 amide bonds. The van der Waals surface area contributed by atoms with Gasteiger partial charge in [0.1, 0.15) is 12.1 Å². The number of rotatable bonds is 1. The molecule has 0 saturated heterocycles. The van der Waals surface area contributed by atoms with E-state index in [9.17, 15) is 10.1 Å².